The lowest BCUT2D eigenvalue weighted by molar-refractivity contribution is -0.145. The number of para-hydroxylation sites is 2. The zero-order valence-corrected chi connectivity index (χ0v) is 16.4. The van der Waals surface area contributed by atoms with E-state index >= 15 is 0 Å². The minimum Gasteiger partial charge on any atom is -0.479 e. The maximum atomic E-state index is 10.5. The Labute approximate surface area is 164 Å². The summed E-state index contributed by atoms with van der Waals surface area (Å²) in [5.74, 6) is -1.06. The summed E-state index contributed by atoms with van der Waals surface area (Å²) >= 11 is 9.01. The van der Waals surface area contributed by atoms with Crippen LogP contribution in [0.3, 0.4) is 0 Å². The van der Waals surface area contributed by atoms with Gasteiger partial charge in [0.25, 0.3) is 0 Å². The molecule has 0 aliphatic carbocycles. The van der Waals surface area contributed by atoms with Crippen molar-refractivity contribution >= 4 is 39.5 Å². The number of hydrogen-bond donors (Lipinski definition) is 2. The first-order chi connectivity index (χ1) is 12.2. The van der Waals surface area contributed by atoms with Crippen LogP contribution in [-0.4, -0.2) is 34.4 Å². The predicted molar refractivity (Wildman–Crippen MR) is 101 cm³/mol. The minimum atomic E-state index is -1.01. The lowest BCUT2D eigenvalue weighted by Gasteiger charge is -2.11. The lowest BCUT2D eigenvalue weighted by atomic mass is 10.3. The fourth-order valence-electron chi connectivity index (χ4n) is 1.56. The van der Waals surface area contributed by atoms with Crippen molar-refractivity contribution in [3.05, 3.63) is 58.0 Å². The summed E-state index contributed by atoms with van der Waals surface area (Å²) in [5, 5.41) is 17.6. The summed E-state index contributed by atoms with van der Waals surface area (Å²) in [6.07, 6.45) is -1.72. The highest BCUT2D eigenvalue weighted by atomic mass is 79.9. The van der Waals surface area contributed by atoms with Crippen LogP contribution in [0.15, 0.2) is 53.0 Å². The maximum absolute atomic E-state index is 10.5. The van der Waals surface area contributed by atoms with Gasteiger partial charge in [-0.1, -0.05) is 35.9 Å². The van der Waals surface area contributed by atoms with Crippen LogP contribution >= 0.6 is 27.5 Å². The van der Waals surface area contributed by atoms with Crippen molar-refractivity contribution < 1.29 is 29.3 Å². The van der Waals surface area contributed by atoms with Crippen LogP contribution in [0.1, 0.15) is 13.8 Å². The Hall–Kier alpha value is -2.25. The molecular weight excluding hydrogens is 428 g/mol. The highest BCUT2D eigenvalue weighted by Gasteiger charge is 2.14. The van der Waals surface area contributed by atoms with Crippen LogP contribution in [0.25, 0.3) is 0 Å². The van der Waals surface area contributed by atoms with E-state index in [1.165, 1.54) is 13.8 Å². The normalized spacial score (nSPS) is 12.2. The molecule has 0 aliphatic rings. The highest BCUT2D eigenvalue weighted by molar-refractivity contribution is 9.10. The Kier molecular flexibility index (Phi) is 8.95. The molecule has 140 valence electrons. The van der Waals surface area contributed by atoms with E-state index in [1.54, 1.807) is 42.5 Å². The molecule has 0 unspecified atom stereocenters. The van der Waals surface area contributed by atoms with Gasteiger partial charge in [-0.2, -0.15) is 0 Å². The number of carbonyl (C=O) groups is 2. The van der Waals surface area contributed by atoms with E-state index in [2.05, 4.69) is 15.9 Å². The van der Waals surface area contributed by atoms with Crippen LogP contribution in [0, 0.1) is 0 Å². The number of ether oxygens (including phenoxy) is 2. The van der Waals surface area contributed by atoms with E-state index in [0.29, 0.717) is 16.5 Å². The van der Waals surface area contributed by atoms with Crippen LogP contribution < -0.4 is 9.47 Å². The van der Waals surface area contributed by atoms with Gasteiger partial charge < -0.3 is 19.7 Å². The maximum Gasteiger partial charge on any atom is 0.344 e. The molecule has 0 spiro atoms. The molecule has 2 atom stereocenters. The minimum absolute atomic E-state index is 0.388. The number of carboxylic acids is 2. The molecule has 0 saturated heterocycles. The number of rotatable bonds is 6. The van der Waals surface area contributed by atoms with E-state index in [-0.39, 0.29) is 0 Å². The topological polar surface area (TPSA) is 93.1 Å². The first-order valence-corrected chi connectivity index (χ1v) is 8.67. The Bertz CT molecular complexity index is 688. The molecule has 0 amide bonds. The zero-order valence-electron chi connectivity index (χ0n) is 14.1. The third kappa shape index (κ3) is 7.33. The number of aliphatic carboxylic acids is 2. The van der Waals surface area contributed by atoms with Gasteiger partial charge in [0.15, 0.2) is 12.2 Å². The number of halogens is 2. The van der Waals surface area contributed by atoms with E-state index in [9.17, 15) is 9.59 Å². The van der Waals surface area contributed by atoms with Gasteiger partial charge in [0.2, 0.25) is 0 Å². The molecule has 2 rings (SSSR count). The monoisotopic (exact) mass is 444 g/mol. The van der Waals surface area contributed by atoms with Crippen LogP contribution in [0.2, 0.25) is 5.02 Å². The van der Waals surface area contributed by atoms with Crippen molar-refractivity contribution in [2.24, 2.45) is 0 Å². The molecule has 0 aromatic heterocycles. The van der Waals surface area contributed by atoms with Gasteiger partial charge >= 0.3 is 11.9 Å². The standard InChI is InChI=1S/C9H9BrO3.C9H9ClO3/c2*1-6(9(11)12)13-8-5-3-2-4-7(8)10/h2*2-6H,1H3,(H,11,12)/t2*6-/m10/s1. The Balaban J connectivity index is 0.000000260. The Morgan fingerprint density at radius 1 is 0.885 bits per heavy atom. The molecule has 8 heteroatoms. The molecule has 0 bridgehead atoms. The molecule has 0 radical (unpaired) electrons. The van der Waals surface area contributed by atoms with Gasteiger partial charge in [0, 0.05) is 0 Å². The highest BCUT2D eigenvalue weighted by Crippen LogP contribution is 2.25. The molecule has 2 N–H and O–H groups in total. The van der Waals surface area contributed by atoms with Crippen molar-refractivity contribution in [2.75, 3.05) is 0 Å². The number of hydrogen-bond acceptors (Lipinski definition) is 4. The number of carboxylic acid groups (broad SMARTS) is 2. The molecule has 0 heterocycles. The van der Waals surface area contributed by atoms with E-state index in [4.69, 9.17) is 31.3 Å². The van der Waals surface area contributed by atoms with Gasteiger partial charge in [-0.05, 0) is 54.0 Å². The fraction of sp³-hybridized carbons (Fsp3) is 0.222. The predicted octanol–water partition coefficient (Wildman–Crippen LogP) is 4.49. The van der Waals surface area contributed by atoms with E-state index in [0.717, 1.165) is 4.47 Å². The first kappa shape index (κ1) is 21.8. The Morgan fingerprint density at radius 3 is 1.77 bits per heavy atom. The quantitative estimate of drug-likeness (QED) is 0.680. The van der Waals surface area contributed by atoms with Crippen molar-refractivity contribution in [2.45, 2.75) is 26.1 Å². The number of benzene rings is 2. The molecule has 2 aromatic carbocycles. The van der Waals surface area contributed by atoms with Gasteiger partial charge in [-0.3, -0.25) is 0 Å². The average Bonchev–Trinajstić information content (AvgIpc) is 2.59. The summed E-state index contributed by atoms with van der Waals surface area (Å²) in [6, 6.07) is 13.9. The smallest absolute Gasteiger partial charge is 0.344 e. The van der Waals surface area contributed by atoms with Crippen molar-refractivity contribution in [1.82, 2.24) is 0 Å². The molecule has 26 heavy (non-hydrogen) atoms. The SMILES string of the molecule is C[C@@H](Oc1ccccc1Br)C(=O)O.C[C@H](Oc1ccccc1Cl)C(=O)O. The average molecular weight is 446 g/mol. The lowest BCUT2D eigenvalue weighted by Crippen LogP contribution is -2.22. The second kappa shape index (κ2) is 10.7. The third-order valence-electron chi connectivity index (χ3n) is 2.98. The molecular formula is C18H18BrClO6. The zero-order chi connectivity index (χ0) is 19.7. The van der Waals surface area contributed by atoms with E-state index in [1.807, 2.05) is 6.07 Å². The van der Waals surface area contributed by atoms with Crippen LogP contribution in [0.4, 0.5) is 0 Å². The second-order valence-corrected chi connectivity index (χ2v) is 6.32. The molecule has 2 aromatic rings. The molecule has 0 fully saturated rings. The summed E-state index contributed by atoms with van der Waals surface area (Å²) in [4.78, 5) is 20.9. The van der Waals surface area contributed by atoms with Crippen molar-refractivity contribution in [3.63, 3.8) is 0 Å². The summed E-state index contributed by atoms with van der Waals surface area (Å²) in [6.45, 7) is 2.94. The fourth-order valence-corrected chi connectivity index (χ4v) is 2.12. The van der Waals surface area contributed by atoms with Crippen LogP contribution in [-0.2, 0) is 9.59 Å². The Morgan fingerprint density at radius 2 is 1.31 bits per heavy atom. The molecule has 0 saturated carbocycles. The van der Waals surface area contributed by atoms with E-state index < -0.39 is 24.1 Å². The largest absolute Gasteiger partial charge is 0.479 e. The van der Waals surface area contributed by atoms with Crippen LogP contribution in [0.5, 0.6) is 11.5 Å². The van der Waals surface area contributed by atoms with Gasteiger partial charge in [0.1, 0.15) is 11.5 Å². The summed E-state index contributed by atoms with van der Waals surface area (Å²) in [5.41, 5.74) is 0. The van der Waals surface area contributed by atoms with Gasteiger partial charge in [0.05, 0.1) is 9.50 Å². The summed E-state index contributed by atoms with van der Waals surface area (Å²) < 4.78 is 11.0. The third-order valence-corrected chi connectivity index (χ3v) is 3.94. The molecule has 6 nitrogen and oxygen atoms in total. The van der Waals surface area contributed by atoms with Gasteiger partial charge in [-0.25, -0.2) is 9.59 Å². The van der Waals surface area contributed by atoms with Crippen molar-refractivity contribution in [1.29, 1.82) is 0 Å². The van der Waals surface area contributed by atoms with Crippen molar-refractivity contribution in [3.8, 4) is 11.5 Å². The first-order valence-electron chi connectivity index (χ1n) is 7.50. The summed E-state index contributed by atoms with van der Waals surface area (Å²) in [7, 11) is 0. The second-order valence-electron chi connectivity index (χ2n) is 5.06. The van der Waals surface area contributed by atoms with Gasteiger partial charge in [-0.15, -0.1) is 0 Å². The molecule has 0 aliphatic heterocycles.